The van der Waals surface area contributed by atoms with Crippen LogP contribution in [-0.4, -0.2) is 30.3 Å². The van der Waals surface area contributed by atoms with Gasteiger partial charge in [-0.2, -0.15) is 4.98 Å². The molecular formula is C12H14N6O2S. The Morgan fingerprint density at radius 2 is 2.33 bits per heavy atom. The monoisotopic (exact) mass is 306 g/mol. The highest BCUT2D eigenvalue weighted by Crippen LogP contribution is 2.20. The molecule has 21 heavy (non-hydrogen) atoms. The smallest absolute Gasteiger partial charge is 0.237 e. The first kappa shape index (κ1) is 13.8. The first-order valence-corrected chi connectivity index (χ1v) is 7.56. The topological polar surface area (TPSA) is 95.7 Å². The Kier molecular flexibility index (Phi) is 4.29. The number of tetrazole rings is 1. The van der Waals surface area contributed by atoms with Gasteiger partial charge in [0.2, 0.25) is 11.0 Å². The van der Waals surface area contributed by atoms with Gasteiger partial charge in [-0.05, 0) is 29.0 Å². The number of furan rings is 1. The predicted octanol–water partition coefficient (Wildman–Crippen LogP) is 1.94. The molecule has 0 spiro atoms. The number of aromatic nitrogens is 6. The second kappa shape index (κ2) is 6.53. The van der Waals surface area contributed by atoms with Crippen molar-refractivity contribution in [1.82, 2.24) is 30.3 Å². The molecule has 0 radical (unpaired) electrons. The van der Waals surface area contributed by atoms with Crippen molar-refractivity contribution < 1.29 is 8.94 Å². The second-order valence-corrected chi connectivity index (χ2v) is 5.28. The van der Waals surface area contributed by atoms with Gasteiger partial charge in [-0.15, -0.1) is 5.10 Å². The molecule has 3 heterocycles. The zero-order valence-corrected chi connectivity index (χ0v) is 12.3. The summed E-state index contributed by atoms with van der Waals surface area (Å²) in [4.78, 5) is 4.31. The normalized spacial score (nSPS) is 11.1. The van der Waals surface area contributed by atoms with Crippen LogP contribution in [0.3, 0.4) is 0 Å². The minimum Gasteiger partial charge on any atom is -0.467 e. The van der Waals surface area contributed by atoms with E-state index in [0.717, 1.165) is 24.4 Å². The van der Waals surface area contributed by atoms with Crippen LogP contribution < -0.4 is 0 Å². The molecule has 0 saturated heterocycles. The molecule has 0 aliphatic carbocycles. The van der Waals surface area contributed by atoms with E-state index in [1.54, 1.807) is 10.9 Å². The Labute approximate surface area is 124 Å². The molecule has 110 valence electrons. The average Bonchev–Trinajstić information content (AvgIpc) is 3.20. The molecule has 3 aromatic heterocycles. The lowest BCUT2D eigenvalue weighted by molar-refractivity contribution is 0.384. The van der Waals surface area contributed by atoms with Crippen LogP contribution in [0.4, 0.5) is 0 Å². The predicted molar refractivity (Wildman–Crippen MR) is 73.5 cm³/mol. The molecule has 0 aliphatic heterocycles. The Balaban J connectivity index is 1.61. The Morgan fingerprint density at radius 1 is 1.38 bits per heavy atom. The fourth-order valence-electron chi connectivity index (χ4n) is 1.75. The maximum absolute atomic E-state index is 5.29. The molecule has 0 amide bonds. The molecule has 0 N–H and O–H groups in total. The van der Waals surface area contributed by atoms with E-state index in [1.807, 2.05) is 12.1 Å². The van der Waals surface area contributed by atoms with E-state index in [4.69, 9.17) is 8.94 Å². The van der Waals surface area contributed by atoms with Crippen molar-refractivity contribution in [2.75, 3.05) is 0 Å². The van der Waals surface area contributed by atoms with Gasteiger partial charge < -0.3 is 8.94 Å². The van der Waals surface area contributed by atoms with Gasteiger partial charge in [-0.25, -0.2) is 4.68 Å². The summed E-state index contributed by atoms with van der Waals surface area (Å²) in [5.41, 5.74) is 0. The highest BCUT2D eigenvalue weighted by atomic mass is 32.2. The van der Waals surface area contributed by atoms with Crippen LogP contribution in [0.25, 0.3) is 0 Å². The summed E-state index contributed by atoms with van der Waals surface area (Å²) in [5, 5.41) is 16.2. The van der Waals surface area contributed by atoms with Crippen LogP contribution in [0.15, 0.2) is 32.5 Å². The Bertz CT molecular complexity index is 678. The van der Waals surface area contributed by atoms with Gasteiger partial charge in [0.15, 0.2) is 5.82 Å². The van der Waals surface area contributed by atoms with Crippen molar-refractivity contribution in [2.45, 2.75) is 37.2 Å². The molecule has 9 heteroatoms. The van der Waals surface area contributed by atoms with E-state index in [2.05, 4.69) is 32.6 Å². The first-order valence-electron chi connectivity index (χ1n) is 6.58. The van der Waals surface area contributed by atoms with Gasteiger partial charge in [-0.1, -0.05) is 23.8 Å². The summed E-state index contributed by atoms with van der Waals surface area (Å²) < 4.78 is 12.1. The molecule has 0 fully saturated rings. The molecular weight excluding hydrogens is 292 g/mol. The van der Waals surface area contributed by atoms with E-state index >= 15 is 0 Å². The summed E-state index contributed by atoms with van der Waals surface area (Å²) in [5.74, 6) is 2.65. The van der Waals surface area contributed by atoms with Crippen LogP contribution in [0.2, 0.25) is 0 Å². The van der Waals surface area contributed by atoms with Gasteiger partial charge >= 0.3 is 0 Å². The summed E-state index contributed by atoms with van der Waals surface area (Å²) in [7, 11) is 0. The lowest BCUT2D eigenvalue weighted by atomic mass is 10.3. The molecule has 0 bridgehead atoms. The number of hydrogen-bond donors (Lipinski definition) is 0. The third-order valence-corrected chi connectivity index (χ3v) is 3.64. The van der Waals surface area contributed by atoms with Crippen LogP contribution in [-0.2, 0) is 18.7 Å². The van der Waals surface area contributed by atoms with E-state index in [-0.39, 0.29) is 0 Å². The number of rotatable bonds is 7. The second-order valence-electron chi connectivity index (χ2n) is 4.34. The molecule has 0 aliphatic rings. The number of nitrogens with zero attached hydrogens (tertiary/aromatic N) is 6. The van der Waals surface area contributed by atoms with Crippen LogP contribution >= 0.6 is 11.8 Å². The number of thioether (sulfide) groups is 1. The maximum Gasteiger partial charge on any atom is 0.237 e. The lowest BCUT2D eigenvalue weighted by Crippen LogP contribution is -2.03. The highest BCUT2D eigenvalue weighted by Gasteiger charge is 2.12. The number of aryl methyl sites for hydroxylation is 1. The number of hydrogen-bond acceptors (Lipinski definition) is 8. The fourth-order valence-corrected chi connectivity index (χ4v) is 2.46. The van der Waals surface area contributed by atoms with E-state index in [1.165, 1.54) is 11.8 Å². The highest BCUT2D eigenvalue weighted by molar-refractivity contribution is 7.98. The molecule has 3 rings (SSSR count). The maximum atomic E-state index is 5.29. The van der Waals surface area contributed by atoms with Crippen molar-refractivity contribution in [3.05, 3.63) is 35.9 Å². The van der Waals surface area contributed by atoms with Crippen molar-refractivity contribution >= 4 is 11.8 Å². The Morgan fingerprint density at radius 3 is 3.14 bits per heavy atom. The van der Waals surface area contributed by atoms with E-state index < -0.39 is 0 Å². The standard InChI is InChI=1S/C12H14N6O2S/c1-2-4-10-13-11(20-15-10)8-21-12-14-16-17-18(12)7-9-5-3-6-19-9/h3,5-6H,2,4,7-8H2,1H3. The average molecular weight is 306 g/mol. The van der Waals surface area contributed by atoms with Crippen LogP contribution in [0.1, 0.15) is 30.8 Å². The first-order chi connectivity index (χ1) is 10.3. The van der Waals surface area contributed by atoms with Gasteiger partial charge in [0, 0.05) is 6.42 Å². The van der Waals surface area contributed by atoms with Crippen molar-refractivity contribution in [2.24, 2.45) is 0 Å². The summed E-state index contributed by atoms with van der Waals surface area (Å²) in [6, 6.07) is 3.71. The summed E-state index contributed by atoms with van der Waals surface area (Å²) in [6.07, 6.45) is 3.44. The van der Waals surface area contributed by atoms with Crippen LogP contribution in [0, 0.1) is 0 Å². The Hall–Kier alpha value is -2.16. The zero-order valence-electron chi connectivity index (χ0n) is 11.5. The quantitative estimate of drug-likeness (QED) is 0.611. The van der Waals surface area contributed by atoms with Crippen LogP contribution in [0.5, 0.6) is 0 Å². The summed E-state index contributed by atoms with van der Waals surface area (Å²) >= 11 is 1.45. The van der Waals surface area contributed by atoms with Gasteiger partial charge in [0.25, 0.3) is 0 Å². The molecule has 3 aromatic rings. The molecule has 0 saturated carbocycles. The summed E-state index contributed by atoms with van der Waals surface area (Å²) in [6.45, 7) is 2.57. The molecule has 8 nitrogen and oxygen atoms in total. The van der Waals surface area contributed by atoms with Gasteiger partial charge in [0.1, 0.15) is 12.3 Å². The van der Waals surface area contributed by atoms with E-state index in [9.17, 15) is 0 Å². The van der Waals surface area contributed by atoms with Gasteiger partial charge in [-0.3, -0.25) is 0 Å². The third kappa shape index (κ3) is 3.48. The van der Waals surface area contributed by atoms with Gasteiger partial charge in [0.05, 0.1) is 12.0 Å². The molecule has 0 atom stereocenters. The van der Waals surface area contributed by atoms with Crippen molar-refractivity contribution in [3.63, 3.8) is 0 Å². The minimum absolute atomic E-state index is 0.493. The zero-order chi connectivity index (χ0) is 14.5. The SMILES string of the molecule is CCCc1noc(CSc2nnnn2Cc2ccco2)n1. The lowest BCUT2D eigenvalue weighted by Gasteiger charge is -2.00. The van der Waals surface area contributed by atoms with Crippen molar-refractivity contribution in [3.8, 4) is 0 Å². The van der Waals surface area contributed by atoms with E-state index in [0.29, 0.717) is 23.3 Å². The third-order valence-electron chi connectivity index (χ3n) is 2.69. The van der Waals surface area contributed by atoms with Crippen molar-refractivity contribution in [1.29, 1.82) is 0 Å². The largest absolute Gasteiger partial charge is 0.467 e. The fraction of sp³-hybridized carbons (Fsp3) is 0.417. The minimum atomic E-state index is 0.493. The molecule has 0 unspecified atom stereocenters. The molecule has 0 aromatic carbocycles.